The summed E-state index contributed by atoms with van der Waals surface area (Å²) in [6.45, 7) is 6.75. The fourth-order valence-corrected chi connectivity index (χ4v) is 3.85. The van der Waals surface area contributed by atoms with E-state index in [1.807, 2.05) is 13.0 Å². The number of aliphatic hydroxyl groups excluding tert-OH is 1. The maximum atomic E-state index is 13.5. The van der Waals surface area contributed by atoms with Crippen molar-refractivity contribution in [2.45, 2.75) is 51.3 Å². The molecule has 1 heterocycles. The molecule has 1 aliphatic carbocycles. The van der Waals surface area contributed by atoms with Gasteiger partial charge in [0.1, 0.15) is 17.4 Å². The van der Waals surface area contributed by atoms with Crippen molar-refractivity contribution in [3.63, 3.8) is 0 Å². The lowest BCUT2D eigenvalue weighted by atomic mass is 10.1. The van der Waals surface area contributed by atoms with Gasteiger partial charge < -0.3 is 9.84 Å². The molecule has 5 nitrogen and oxygen atoms in total. The summed E-state index contributed by atoms with van der Waals surface area (Å²) in [7, 11) is 0. The average Bonchev–Trinajstić information content (AvgIpc) is 3.61. The van der Waals surface area contributed by atoms with E-state index in [0.29, 0.717) is 42.9 Å². The molecule has 2 aromatic carbocycles. The highest BCUT2D eigenvalue weighted by atomic mass is 19.1. The Kier molecular flexibility index (Phi) is 7.20. The number of benzene rings is 2. The molecule has 1 aromatic heterocycles. The van der Waals surface area contributed by atoms with Gasteiger partial charge in [-0.2, -0.15) is 5.10 Å². The number of hydrogen-bond donors (Lipinski definition) is 1. The van der Waals surface area contributed by atoms with Gasteiger partial charge in [-0.05, 0) is 81.1 Å². The molecule has 1 saturated carbocycles. The molecule has 0 saturated heterocycles. The number of halogens is 2. The number of aryl methyl sites for hydroxylation is 1. The zero-order valence-electron chi connectivity index (χ0n) is 18.8. The van der Waals surface area contributed by atoms with Gasteiger partial charge in [-0.3, -0.25) is 4.90 Å². The third-order valence-corrected chi connectivity index (χ3v) is 5.81. The first-order valence-electron chi connectivity index (χ1n) is 11.3. The van der Waals surface area contributed by atoms with Gasteiger partial charge in [0.2, 0.25) is 5.88 Å². The van der Waals surface area contributed by atoms with Crippen LogP contribution in [0.5, 0.6) is 11.6 Å². The third kappa shape index (κ3) is 5.86. The Morgan fingerprint density at radius 2 is 1.79 bits per heavy atom. The van der Waals surface area contributed by atoms with Gasteiger partial charge in [-0.15, -0.1) is 6.58 Å². The van der Waals surface area contributed by atoms with E-state index in [1.54, 1.807) is 28.9 Å². The zero-order valence-corrected chi connectivity index (χ0v) is 18.8. The lowest BCUT2D eigenvalue weighted by Crippen LogP contribution is -2.34. The molecule has 0 amide bonds. The quantitative estimate of drug-likeness (QED) is 0.387. The molecular formula is C26H29F2N3O2. The predicted molar refractivity (Wildman–Crippen MR) is 124 cm³/mol. The molecular weight excluding hydrogens is 424 g/mol. The van der Waals surface area contributed by atoms with E-state index in [0.717, 1.165) is 30.5 Å². The van der Waals surface area contributed by atoms with Crippen LogP contribution < -0.4 is 4.74 Å². The highest BCUT2D eigenvalue weighted by molar-refractivity contribution is 5.43. The van der Waals surface area contributed by atoms with Crippen molar-refractivity contribution in [3.8, 4) is 17.3 Å². The van der Waals surface area contributed by atoms with Crippen LogP contribution in [0.15, 0.2) is 61.2 Å². The van der Waals surface area contributed by atoms with Crippen LogP contribution in [0, 0.1) is 18.6 Å². The van der Waals surface area contributed by atoms with Crippen molar-refractivity contribution in [1.29, 1.82) is 0 Å². The Morgan fingerprint density at radius 3 is 2.39 bits per heavy atom. The lowest BCUT2D eigenvalue weighted by Gasteiger charge is -2.25. The average molecular weight is 454 g/mol. The van der Waals surface area contributed by atoms with Gasteiger partial charge in [0, 0.05) is 19.1 Å². The summed E-state index contributed by atoms with van der Waals surface area (Å²) < 4.78 is 34.8. The lowest BCUT2D eigenvalue weighted by molar-refractivity contribution is 0.0975. The number of aliphatic hydroxyl groups is 1. The summed E-state index contributed by atoms with van der Waals surface area (Å²) in [5.41, 5.74) is 2.32. The van der Waals surface area contributed by atoms with Crippen molar-refractivity contribution >= 4 is 0 Å². The molecule has 33 heavy (non-hydrogen) atoms. The number of ether oxygens (including phenoxy) is 1. The Bertz CT molecular complexity index is 1080. The topological polar surface area (TPSA) is 50.5 Å². The number of allylic oxidation sites excluding steroid dienone is 1. The first kappa shape index (κ1) is 23.1. The van der Waals surface area contributed by atoms with Gasteiger partial charge in [-0.1, -0.05) is 6.08 Å². The van der Waals surface area contributed by atoms with E-state index in [2.05, 4.69) is 16.6 Å². The Hall–Kier alpha value is -3.03. The van der Waals surface area contributed by atoms with E-state index < -0.39 is 6.10 Å². The Morgan fingerprint density at radius 1 is 1.15 bits per heavy atom. The van der Waals surface area contributed by atoms with Gasteiger partial charge in [-0.25, -0.2) is 13.5 Å². The minimum Gasteiger partial charge on any atom is -0.439 e. The largest absolute Gasteiger partial charge is 0.439 e. The second-order valence-electron chi connectivity index (χ2n) is 8.49. The zero-order chi connectivity index (χ0) is 23.4. The molecule has 1 fully saturated rings. The summed E-state index contributed by atoms with van der Waals surface area (Å²) in [5.74, 6) is 0.290. The van der Waals surface area contributed by atoms with E-state index in [4.69, 9.17) is 4.74 Å². The minimum atomic E-state index is -0.447. The normalized spacial score (nSPS) is 14.5. The van der Waals surface area contributed by atoms with Crippen LogP contribution >= 0.6 is 0 Å². The molecule has 0 radical (unpaired) electrons. The van der Waals surface area contributed by atoms with Crippen LogP contribution in [0.2, 0.25) is 0 Å². The van der Waals surface area contributed by atoms with E-state index in [1.165, 1.54) is 24.3 Å². The SMILES string of the molecule is C=CCCC(O)CN(Cc1c(C)nn(-c2ccc(F)cc2)c1Oc1ccc(F)cc1)C1CC1. The van der Waals surface area contributed by atoms with Crippen LogP contribution in [-0.2, 0) is 6.54 Å². The van der Waals surface area contributed by atoms with E-state index >= 15 is 0 Å². The molecule has 1 atom stereocenters. The van der Waals surface area contributed by atoms with Gasteiger partial charge in [0.05, 0.1) is 23.0 Å². The smallest absolute Gasteiger partial charge is 0.227 e. The monoisotopic (exact) mass is 453 g/mol. The summed E-state index contributed by atoms with van der Waals surface area (Å²) >= 11 is 0. The van der Waals surface area contributed by atoms with Crippen LogP contribution in [-0.4, -0.2) is 38.5 Å². The van der Waals surface area contributed by atoms with E-state index in [9.17, 15) is 13.9 Å². The van der Waals surface area contributed by atoms with Crippen molar-refractivity contribution in [1.82, 2.24) is 14.7 Å². The molecule has 1 unspecified atom stereocenters. The highest BCUT2D eigenvalue weighted by Gasteiger charge is 2.32. The molecule has 1 N–H and O–H groups in total. The molecule has 174 valence electrons. The Balaban J connectivity index is 1.67. The van der Waals surface area contributed by atoms with Crippen molar-refractivity contribution in [3.05, 3.63) is 84.1 Å². The molecule has 0 aliphatic heterocycles. The van der Waals surface area contributed by atoms with Gasteiger partial charge in [0.25, 0.3) is 0 Å². The minimum absolute atomic E-state index is 0.336. The molecule has 0 spiro atoms. The second kappa shape index (κ2) is 10.3. The molecule has 0 bridgehead atoms. The fourth-order valence-electron chi connectivity index (χ4n) is 3.85. The molecule has 7 heteroatoms. The first-order valence-corrected chi connectivity index (χ1v) is 11.3. The van der Waals surface area contributed by atoms with Gasteiger partial charge in [0.15, 0.2) is 0 Å². The summed E-state index contributed by atoms with van der Waals surface area (Å²) in [5, 5.41) is 15.2. The maximum Gasteiger partial charge on any atom is 0.227 e. The number of hydrogen-bond acceptors (Lipinski definition) is 4. The van der Waals surface area contributed by atoms with Crippen molar-refractivity contribution in [2.75, 3.05) is 6.54 Å². The number of nitrogens with zero attached hydrogens (tertiary/aromatic N) is 3. The standard InChI is InChI=1S/C26H29F2N3O2/c1-3-4-5-23(32)16-30(21-12-13-21)17-25-18(2)29-31(22-10-6-19(27)7-11-22)26(25)33-24-14-8-20(28)9-15-24/h3,6-11,14-15,21,23,32H,1,4-5,12-13,16-17H2,2H3. The van der Waals surface area contributed by atoms with Gasteiger partial charge >= 0.3 is 0 Å². The number of aromatic nitrogens is 2. The molecule has 3 aromatic rings. The van der Waals surface area contributed by atoms with Crippen molar-refractivity contribution < 1.29 is 18.6 Å². The predicted octanol–water partition coefficient (Wildman–Crippen LogP) is 5.54. The van der Waals surface area contributed by atoms with Crippen LogP contribution in [0.25, 0.3) is 5.69 Å². The summed E-state index contributed by atoms with van der Waals surface area (Å²) in [6.07, 6.45) is 4.98. The third-order valence-electron chi connectivity index (χ3n) is 5.81. The molecule has 4 rings (SSSR count). The Labute approximate surface area is 192 Å². The van der Waals surface area contributed by atoms with E-state index in [-0.39, 0.29) is 11.6 Å². The maximum absolute atomic E-state index is 13.5. The van der Waals surface area contributed by atoms with Crippen LogP contribution in [0.1, 0.15) is 36.9 Å². The van der Waals surface area contributed by atoms with Crippen LogP contribution in [0.4, 0.5) is 8.78 Å². The second-order valence-corrected chi connectivity index (χ2v) is 8.49. The highest BCUT2D eigenvalue weighted by Crippen LogP contribution is 2.35. The molecule has 1 aliphatic rings. The fraction of sp³-hybridized carbons (Fsp3) is 0.346. The number of rotatable bonds is 11. The first-order chi connectivity index (χ1) is 15.9. The van der Waals surface area contributed by atoms with Crippen LogP contribution in [0.3, 0.4) is 0 Å². The summed E-state index contributed by atoms with van der Waals surface area (Å²) in [6, 6.07) is 12.2. The summed E-state index contributed by atoms with van der Waals surface area (Å²) in [4.78, 5) is 2.27. The van der Waals surface area contributed by atoms with Crippen molar-refractivity contribution in [2.24, 2.45) is 0 Å².